The van der Waals surface area contributed by atoms with Crippen LogP contribution in [0.15, 0.2) is 66.9 Å². The maximum Gasteiger partial charge on any atom is 0.255 e. The van der Waals surface area contributed by atoms with E-state index in [1.165, 1.54) is 18.3 Å². The number of pyridine rings is 1. The standard InChI is InChI=1S/C29H31FN4O3/c30-24-8-4-20(5-9-24)18-34-14-11-21(12-15-34)19-37-26-3-1-2-25(17-26)32-29(36)23-10-13-31-27(16-23)33-28(35)22-6-7-22/h1-5,8-10,13,16-17,21-22H,6-7,11-12,14-15,18-19H2,(H,32,36)(H,31,33,35). The average Bonchev–Trinajstić information content (AvgIpc) is 3.76. The molecular formula is C29H31FN4O3. The number of nitrogens with zero attached hydrogens (tertiary/aromatic N) is 2. The molecule has 0 radical (unpaired) electrons. The van der Waals surface area contributed by atoms with Crippen molar-refractivity contribution in [3.05, 3.63) is 83.8 Å². The molecule has 0 atom stereocenters. The molecule has 7 nitrogen and oxygen atoms in total. The maximum atomic E-state index is 13.1. The van der Waals surface area contributed by atoms with Gasteiger partial charge in [-0.25, -0.2) is 9.37 Å². The number of rotatable bonds is 9. The van der Waals surface area contributed by atoms with Gasteiger partial charge >= 0.3 is 0 Å². The fourth-order valence-electron chi connectivity index (χ4n) is 4.45. The van der Waals surface area contributed by atoms with E-state index in [1.54, 1.807) is 12.1 Å². The van der Waals surface area contributed by atoms with Gasteiger partial charge in [-0.1, -0.05) is 18.2 Å². The summed E-state index contributed by atoms with van der Waals surface area (Å²) in [4.78, 5) is 31.3. The van der Waals surface area contributed by atoms with E-state index in [-0.39, 0.29) is 23.5 Å². The number of benzene rings is 2. The van der Waals surface area contributed by atoms with E-state index in [0.717, 1.165) is 50.9 Å². The average molecular weight is 503 g/mol. The third-order valence-electron chi connectivity index (χ3n) is 6.83. The molecular weight excluding hydrogens is 471 g/mol. The van der Waals surface area contributed by atoms with Crippen LogP contribution in [-0.4, -0.2) is 41.4 Å². The maximum absolute atomic E-state index is 13.1. The van der Waals surface area contributed by atoms with Crippen molar-refractivity contribution in [1.29, 1.82) is 0 Å². The van der Waals surface area contributed by atoms with Gasteiger partial charge < -0.3 is 15.4 Å². The summed E-state index contributed by atoms with van der Waals surface area (Å²) in [5.74, 6) is 1.08. The minimum Gasteiger partial charge on any atom is -0.493 e. The number of likely N-dealkylation sites (tertiary alicyclic amines) is 1. The molecule has 1 aromatic heterocycles. The van der Waals surface area contributed by atoms with Gasteiger partial charge in [0.1, 0.15) is 17.4 Å². The van der Waals surface area contributed by atoms with Crippen molar-refractivity contribution < 1.29 is 18.7 Å². The fraction of sp³-hybridized carbons (Fsp3) is 0.345. The first kappa shape index (κ1) is 24.9. The van der Waals surface area contributed by atoms with Gasteiger partial charge in [-0.05, 0) is 86.7 Å². The van der Waals surface area contributed by atoms with Crippen LogP contribution in [0.2, 0.25) is 0 Å². The number of hydrogen-bond donors (Lipinski definition) is 2. The third-order valence-corrected chi connectivity index (χ3v) is 6.83. The van der Waals surface area contributed by atoms with Gasteiger partial charge in [0.05, 0.1) is 6.61 Å². The third kappa shape index (κ3) is 7.13. The molecule has 2 fully saturated rings. The number of piperidine rings is 1. The van der Waals surface area contributed by atoms with Crippen molar-refractivity contribution in [1.82, 2.24) is 9.88 Å². The van der Waals surface area contributed by atoms with Gasteiger partial charge in [0.15, 0.2) is 0 Å². The van der Waals surface area contributed by atoms with Crippen molar-refractivity contribution in [2.45, 2.75) is 32.2 Å². The highest BCUT2D eigenvalue weighted by Crippen LogP contribution is 2.30. The second kappa shape index (κ2) is 11.5. The minimum absolute atomic E-state index is 0.0477. The first-order valence-corrected chi connectivity index (χ1v) is 12.8. The summed E-state index contributed by atoms with van der Waals surface area (Å²) in [5, 5.41) is 5.67. The summed E-state index contributed by atoms with van der Waals surface area (Å²) < 4.78 is 19.2. The Morgan fingerprint density at radius 2 is 1.76 bits per heavy atom. The topological polar surface area (TPSA) is 83.6 Å². The minimum atomic E-state index is -0.282. The zero-order valence-corrected chi connectivity index (χ0v) is 20.7. The summed E-state index contributed by atoms with van der Waals surface area (Å²) in [6.07, 6.45) is 5.41. The molecule has 0 unspecified atom stereocenters. The lowest BCUT2D eigenvalue weighted by Gasteiger charge is -2.31. The van der Waals surface area contributed by atoms with E-state index in [2.05, 4.69) is 20.5 Å². The number of carbonyl (C=O) groups is 2. The van der Waals surface area contributed by atoms with Crippen molar-refractivity contribution in [3.8, 4) is 5.75 Å². The van der Waals surface area contributed by atoms with Crippen LogP contribution in [0.1, 0.15) is 41.6 Å². The highest BCUT2D eigenvalue weighted by Gasteiger charge is 2.29. The van der Waals surface area contributed by atoms with E-state index < -0.39 is 0 Å². The number of carbonyl (C=O) groups excluding carboxylic acids is 2. The van der Waals surface area contributed by atoms with Crippen LogP contribution in [-0.2, 0) is 11.3 Å². The van der Waals surface area contributed by atoms with Gasteiger partial charge in [0.25, 0.3) is 5.91 Å². The predicted molar refractivity (Wildman–Crippen MR) is 140 cm³/mol. The Kier molecular flexibility index (Phi) is 7.75. The molecule has 2 aromatic carbocycles. The Balaban J connectivity index is 1.09. The Hall–Kier alpha value is -3.78. The highest BCUT2D eigenvalue weighted by atomic mass is 19.1. The van der Waals surface area contributed by atoms with Crippen molar-refractivity contribution in [2.24, 2.45) is 11.8 Å². The van der Waals surface area contributed by atoms with Gasteiger partial charge in [-0.3, -0.25) is 14.5 Å². The summed E-state index contributed by atoms with van der Waals surface area (Å²) in [6.45, 7) is 3.42. The molecule has 37 heavy (non-hydrogen) atoms. The van der Waals surface area contributed by atoms with Crippen LogP contribution < -0.4 is 15.4 Å². The van der Waals surface area contributed by atoms with Crippen LogP contribution in [0.4, 0.5) is 15.9 Å². The van der Waals surface area contributed by atoms with Crippen LogP contribution >= 0.6 is 0 Å². The SMILES string of the molecule is O=C(Nc1cccc(OCC2CCN(Cc3ccc(F)cc3)CC2)c1)c1ccnc(NC(=O)C2CC2)c1. The normalized spacial score (nSPS) is 16.2. The lowest BCUT2D eigenvalue weighted by Crippen LogP contribution is -2.35. The number of ether oxygens (including phenoxy) is 1. The summed E-state index contributed by atoms with van der Waals surface area (Å²) in [5.41, 5.74) is 2.18. The molecule has 2 aliphatic rings. The zero-order valence-electron chi connectivity index (χ0n) is 20.7. The summed E-state index contributed by atoms with van der Waals surface area (Å²) >= 11 is 0. The van der Waals surface area contributed by atoms with E-state index >= 15 is 0 Å². The second-order valence-electron chi connectivity index (χ2n) is 9.83. The molecule has 0 spiro atoms. The van der Waals surface area contributed by atoms with Crippen molar-refractivity contribution in [2.75, 3.05) is 30.3 Å². The largest absolute Gasteiger partial charge is 0.493 e. The number of amides is 2. The number of nitrogens with one attached hydrogen (secondary N) is 2. The Labute approximate surface area is 216 Å². The van der Waals surface area contributed by atoms with Crippen LogP contribution in [0.25, 0.3) is 0 Å². The molecule has 1 aliphatic heterocycles. The molecule has 1 saturated carbocycles. The Morgan fingerprint density at radius 3 is 2.51 bits per heavy atom. The smallest absolute Gasteiger partial charge is 0.255 e. The monoisotopic (exact) mass is 502 g/mol. The van der Waals surface area contributed by atoms with Gasteiger partial charge in [0, 0.05) is 36.0 Å². The molecule has 1 saturated heterocycles. The van der Waals surface area contributed by atoms with Crippen LogP contribution in [0, 0.1) is 17.7 Å². The first-order valence-electron chi connectivity index (χ1n) is 12.8. The van der Waals surface area contributed by atoms with E-state index in [9.17, 15) is 14.0 Å². The molecule has 1 aliphatic carbocycles. The molecule has 0 bridgehead atoms. The lowest BCUT2D eigenvalue weighted by atomic mass is 9.97. The van der Waals surface area contributed by atoms with E-state index in [1.807, 2.05) is 36.4 Å². The van der Waals surface area contributed by atoms with Crippen molar-refractivity contribution >= 4 is 23.3 Å². The molecule has 2 heterocycles. The number of anilines is 2. The lowest BCUT2D eigenvalue weighted by molar-refractivity contribution is -0.117. The Morgan fingerprint density at radius 1 is 0.973 bits per heavy atom. The van der Waals surface area contributed by atoms with Gasteiger partial charge in [-0.15, -0.1) is 0 Å². The number of halogens is 1. The quantitative estimate of drug-likeness (QED) is 0.425. The molecule has 192 valence electrons. The number of hydrogen-bond acceptors (Lipinski definition) is 5. The molecule has 2 amide bonds. The van der Waals surface area contributed by atoms with E-state index in [4.69, 9.17) is 4.74 Å². The van der Waals surface area contributed by atoms with Crippen LogP contribution in [0.5, 0.6) is 5.75 Å². The highest BCUT2D eigenvalue weighted by molar-refractivity contribution is 6.05. The van der Waals surface area contributed by atoms with Gasteiger partial charge in [-0.2, -0.15) is 0 Å². The second-order valence-corrected chi connectivity index (χ2v) is 9.83. The Bertz CT molecular complexity index is 1240. The predicted octanol–water partition coefficient (Wildman–Crippen LogP) is 5.11. The molecule has 8 heteroatoms. The molecule has 5 rings (SSSR count). The fourth-order valence-corrected chi connectivity index (χ4v) is 4.45. The van der Waals surface area contributed by atoms with E-state index in [0.29, 0.717) is 35.3 Å². The van der Waals surface area contributed by atoms with Gasteiger partial charge in [0.2, 0.25) is 5.91 Å². The summed E-state index contributed by atoms with van der Waals surface area (Å²) in [6, 6.07) is 17.3. The first-order chi connectivity index (χ1) is 18.0. The van der Waals surface area contributed by atoms with Crippen molar-refractivity contribution in [3.63, 3.8) is 0 Å². The summed E-state index contributed by atoms with van der Waals surface area (Å²) in [7, 11) is 0. The zero-order chi connectivity index (χ0) is 25.6. The number of aromatic nitrogens is 1. The molecule has 3 aromatic rings. The van der Waals surface area contributed by atoms with Crippen LogP contribution in [0.3, 0.4) is 0 Å². The molecule has 2 N–H and O–H groups in total.